The summed E-state index contributed by atoms with van der Waals surface area (Å²) in [6.07, 6.45) is 7.99. The van der Waals surface area contributed by atoms with Crippen LogP contribution in [-0.4, -0.2) is 16.5 Å². The van der Waals surface area contributed by atoms with Gasteiger partial charge in [0.25, 0.3) is 5.91 Å². The van der Waals surface area contributed by atoms with E-state index in [1.165, 1.54) is 30.9 Å². The fraction of sp³-hybridized carbons (Fsp3) is 0.444. The number of carbonyl (C=O) groups excluding carboxylic acids is 1. The van der Waals surface area contributed by atoms with E-state index >= 15 is 0 Å². The molecule has 0 aliphatic heterocycles. The van der Waals surface area contributed by atoms with Crippen molar-refractivity contribution in [3.8, 4) is 0 Å². The van der Waals surface area contributed by atoms with Gasteiger partial charge in [-0.05, 0) is 65.8 Å². The maximum Gasteiger partial charge on any atom is 0.253 e. The van der Waals surface area contributed by atoms with Crippen LogP contribution in [-0.2, 0) is 12.0 Å². The van der Waals surface area contributed by atoms with Gasteiger partial charge in [0.2, 0.25) is 0 Å². The summed E-state index contributed by atoms with van der Waals surface area (Å²) < 4.78 is 16.5. The molecule has 2 saturated carbocycles. The Morgan fingerprint density at radius 3 is 2.42 bits per heavy atom. The standard InChI is InChI=1S/C27H31FN2O/c1-26(2,3)19-7-5-18(6-8-19)17-30-14-11-21-23(28)10-9-22(24(21)30)25(31)29-20-15-27(16-20)12-4-13-27/h5-11,14,20H,4,12-13,15-17H2,1-3H3,(H,29,31). The molecule has 2 aliphatic carbocycles. The topological polar surface area (TPSA) is 34.0 Å². The fourth-order valence-electron chi connectivity index (χ4n) is 5.35. The summed E-state index contributed by atoms with van der Waals surface area (Å²) in [5.74, 6) is -0.377. The molecule has 1 amide bonds. The summed E-state index contributed by atoms with van der Waals surface area (Å²) in [5, 5.41) is 3.70. The summed E-state index contributed by atoms with van der Waals surface area (Å²) in [6.45, 7) is 7.20. The molecule has 3 aromatic rings. The van der Waals surface area contributed by atoms with E-state index in [9.17, 15) is 9.18 Å². The zero-order valence-electron chi connectivity index (χ0n) is 18.7. The highest BCUT2D eigenvalue weighted by atomic mass is 19.1. The van der Waals surface area contributed by atoms with E-state index in [1.807, 2.05) is 10.8 Å². The van der Waals surface area contributed by atoms with Crippen molar-refractivity contribution in [2.24, 2.45) is 5.41 Å². The first-order valence-electron chi connectivity index (χ1n) is 11.4. The van der Waals surface area contributed by atoms with Gasteiger partial charge in [-0.15, -0.1) is 0 Å². The average molecular weight is 419 g/mol. The Labute approximate surface area is 183 Å². The quantitative estimate of drug-likeness (QED) is 0.539. The van der Waals surface area contributed by atoms with Gasteiger partial charge in [-0.2, -0.15) is 0 Å². The van der Waals surface area contributed by atoms with E-state index in [0.717, 1.165) is 18.4 Å². The summed E-state index contributed by atoms with van der Waals surface area (Å²) >= 11 is 0. The molecule has 4 heteroatoms. The van der Waals surface area contributed by atoms with Crippen molar-refractivity contribution in [1.29, 1.82) is 0 Å². The molecule has 0 atom stereocenters. The van der Waals surface area contributed by atoms with E-state index in [2.05, 4.69) is 50.4 Å². The average Bonchev–Trinajstić information content (AvgIpc) is 3.07. The molecular formula is C27H31FN2O. The van der Waals surface area contributed by atoms with Crippen molar-refractivity contribution < 1.29 is 9.18 Å². The number of hydrogen-bond donors (Lipinski definition) is 1. The molecule has 162 valence electrons. The van der Waals surface area contributed by atoms with Crippen molar-refractivity contribution in [1.82, 2.24) is 9.88 Å². The number of rotatable bonds is 4. The van der Waals surface area contributed by atoms with Gasteiger partial charge in [0, 0.05) is 24.2 Å². The maximum absolute atomic E-state index is 14.5. The van der Waals surface area contributed by atoms with Gasteiger partial charge in [-0.25, -0.2) is 4.39 Å². The Hall–Kier alpha value is -2.62. The monoisotopic (exact) mass is 418 g/mol. The first-order valence-corrected chi connectivity index (χ1v) is 11.4. The number of hydrogen-bond acceptors (Lipinski definition) is 1. The molecular weight excluding hydrogens is 387 g/mol. The zero-order valence-corrected chi connectivity index (χ0v) is 18.7. The normalized spacial score (nSPS) is 18.1. The van der Waals surface area contributed by atoms with Crippen LogP contribution in [0.15, 0.2) is 48.7 Å². The van der Waals surface area contributed by atoms with Crippen molar-refractivity contribution in [3.05, 3.63) is 71.2 Å². The molecule has 2 aromatic carbocycles. The van der Waals surface area contributed by atoms with Crippen molar-refractivity contribution in [2.75, 3.05) is 0 Å². The van der Waals surface area contributed by atoms with E-state index in [1.54, 1.807) is 12.1 Å². The highest BCUT2D eigenvalue weighted by molar-refractivity contribution is 6.06. The number of aromatic nitrogens is 1. The SMILES string of the molecule is CC(C)(C)c1ccc(Cn2ccc3c(F)ccc(C(=O)NC4CC5(CCC5)C4)c32)cc1. The summed E-state index contributed by atoms with van der Waals surface area (Å²) in [5.41, 5.74) is 4.26. The van der Waals surface area contributed by atoms with Crippen LogP contribution in [0, 0.1) is 11.2 Å². The second-order valence-corrected chi connectivity index (χ2v) is 10.7. The molecule has 1 spiro atoms. The minimum absolute atomic E-state index is 0.0906. The molecule has 0 saturated heterocycles. The van der Waals surface area contributed by atoms with Crippen LogP contribution in [0.1, 0.15) is 74.4 Å². The Kier molecular flexibility index (Phi) is 4.72. The maximum atomic E-state index is 14.5. The molecule has 31 heavy (non-hydrogen) atoms. The van der Waals surface area contributed by atoms with E-state index < -0.39 is 0 Å². The van der Waals surface area contributed by atoms with Crippen LogP contribution < -0.4 is 5.32 Å². The number of benzene rings is 2. The van der Waals surface area contributed by atoms with Gasteiger partial charge in [0.05, 0.1) is 11.1 Å². The number of nitrogens with zero attached hydrogens (tertiary/aromatic N) is 1. The Morgan fingerprint density at radius 2 is 1.81 bits per heavy atom. The molecule has 2 fully saturated rings. The lowest BCUT2D eigenvalue weighted by Crippen LogP contribution is -2.53. The van der Waals surface area contributed by atoms with Crippen LogP contribution in [0.2, 0.25) is 0 Å². The van der Waals surface area contributed by atoms with Crippen molar-refractivity contribution in [3.63, 3.8) is 0 Å². The fourth-order valence-corrected chi connectivity index (χ4v) is 5.35. The molecule has 0 bridgehead atoms. The number of fused-ring (bicyclic) bond motifs is 1. The lowest BCUT2D eigenvalue weighted by molar-refractivity contribution is -0.000603. The van der Waals surface area contributed by atoms with E-state index in [0.29, 0.717) is 28.4 Å². The summed E-state index contributed by atoms with van der Waals surface area (Å²) in [4.78, 5) is 13.1. The molecule has 0 unspecified atom stereocenters. The Balaban J connectivity index is 1.40. The van der Waals surface area contributed by atoms with Crippen LogP contribution in [0.25, 0.3) is 10.9 Å². The molecule has 1 N–H and O–H groups in total. The minimum atomic E-state index is -0.287. The second-order valence-electron chi connectivity index (χ2n) is 10.7. The Bertz CT molecular complexity index is 1120. The lowest BCUT2D eigenvalue weighted by atomic mass is 9.54. The summed E-state index contributed by atoms with van der Waals surface area (Å²) in [7, 11) is 0. The molecule has 2 aliphatic rings. The molecule has 1 aromatic heterocycles. The van der Waals surface area contributed by atoms with E-state index in [-0.39, 0.29) is 23.2 Å². The largest absolute Gasteiger partial charge is 0.349 e. The smallest absolute Gasteiger partial charge is 0.253 e. The Morgan fingerprint density at radius 1 is 1.10 bits per heavy atom. The molecule has 0 radical (unpaired) electrons. The molecule has 5 rings (SSSR count). The van der Waals surface area contributed by atoms with Crippen molar-refractivity contribution in [2.45, 2.75) is 70.9 Å². The second kappa shape index (κ2) is 7.22. The van der Waals surface area contributed by atoms with Gasteiger partial charge in [-0.3, -0.25) is 4.79 Å². The minimum Gasteiger partial charge on any atom is -0.349 e. The van der Waals surface area contributed by atoms with Gasteiger partial charge in [0.1, 0.15) is 5.82 Å². The number of nitrogens with one attached hydrogen (secondary N) is 1. The molecule has 1 heterocycles. The van der Waals surface area contributed by atoms with Gasteiger partial charge >= 0.3 is 0 Å². The van der Waals surface area contributed by atoms with Gasteiger partial charge < -0.3 is 9.88 Å². The molecule has 3 nitrogen and oxygen atoms in total. The predicted molar refractivity (Wildman–Crippen MR) is 123 cm³/mol. The van der Waals surface area contributed by atoms with Crippen LogP contribution in [0.5, 0.6) is 0 Å². The predicted octanol–water partition coefficient (Wildman–Crippen LogP) is 6.19. The van der Waals surface area contributed by atoms with Crippen LogP contribution >= 0.6 is 0 Å². The number of amides is 1. The van der Waals surface area contributed by atoms with Gasteiger partial charge in [0.15, 0.2) is 0 Å². The lowest BCUT2D eigenvalue weighted by Gasteiger charge is -2.54. The zero-order chi connectivity index (χ0) is 21.8. The van der Waals surface area contributed by atoms with Crippen LogP contribution in [0.4, 0.5) is 4.39 Å². The third-order valence-electron chi connectivity index (χ3n) is 7.40. The third kappa shape index (κ3) is 3.66. The number of halogens is 1. The third-order valence-corrected chi connectivity index (χ3v) is 7.40. The summed E-state index contributed by atoms with van der Waals surface area (Å²) in [6, 6.07) is 13.6. The highest BCUT2D eigenvalue weighted by Crippen LogP contribution is 2.55. The van der Waals surface area contributed by atoms with Crippen molar-refractivity contribution >= 4 is 16.8 Å². The highest BCUT2D eigenvalue weighted by Gasteiger charge is 2.48. The first-order chi connectivity index (χ1) is 14.7. The van der Waals surface area contributed by atoms with Gasteiger partial charge in [-0.1, -0.05) is 51.5 Å². The van der Waals surface area contributed by atoms with Crippen LogP contribution in [0.3, 0.4) is 0 Å². The van der Waals surface area contributed by atoms with E-state index in [4.69, 9.17) is 0 Å². The number of carbonyl (C=O) groups is 1. The first kappa shape index (κ1) is 20.3.